The SMILES string of the molecule is Cc1c(C(N)=O)sc2nc(C(C)C)n(Cc3cccc(C#N)c3)c(=O)c12. The van der Waals surface area contributed by atoms with Crippen LogP contribution in [0.1, 0.15) is 52.0 Å². The van der Waals surface area contributed by atoms with Crippen LogP contribution in [0.4, 0.5) is 0 Å². The number of nitrogens with two attached hydrogens (primary N) is 1. The van der Waals surface area contributed by atoms with Crippen LogP contribution in [0.5, 0.6) is 0 Å². The van der Waals surface area contributed by atoms with Crippen LogP contribution in [-0.2, 0) is 6.54 Å². The molecule has 0 bridgehead atoms. The van der Waals surface area contributed by atoms with Crippen LogP contribution in [0, 0.1) is 18.3 Å². The third-order valence-corrected chi connectivity index (χ3v) is 5.42. The lowest BCUT2D eigenvalue weighted by Crippen LogP contribution is -2.26. The quantitative estimate of drug-likeness (QED) is 0.767. The summed E-state index contributed by atoms with van der Waals surface area (Å²) < 4.78 is 1.62. The molecule has 132 valence electrons. The maximum Gasteiger partial charge on any atom is 0.262 e. The van der Waals surface area contributed by atoms with Gasteiger partial charge in [-0.3, -0.25) is 14.2 Å². The molecule has 0 radical (unpaired) electrons. The molecule has 2 N–H and O–H groups in total. The molecule has 3 rings (SSSR count). The number of fused-ring (bicyclic) bond motifs is 1. The number of nitrogens with zero attached hydrogens (tertiary/aromatic N) is 3. The fourth-order valence-corrected chi connectivity index (χ4v) is 4.01. The molecule has 0 aliphatic carbocycles. The molecule has 0 spiro atoms. The summed E-state index contributed by atoms with van der Waals surface area (Å²) >= 11 is 1.16. The summed E-state index contributed by atoms with van der Waals surface area (Å²) in [5.41, 5.74) is 7.19. The number of benzene rings is 1. The van der Waals surface area contributed by atoms with E-state index in [-0.39, 0.29) is 11.5 Å². The van der Waals surface area contributed by atoms with Gasteiger partial charge in [0, 0.05) is 5.92 Å². The zero-order valence-corrected chi connectivity index (χ0v) is 15.6. The number of hydrogen-bond acceptors (Lipinski definition) is 5. The Hall–Kier alpha value is -2.98. The Labute approximate surface area is 154 Å². The van der Waals surface area contributed by atoms with Gasteiger partial charge in [0.15, 0.2) is 0 Å². The fourth-order valence-electron chi connectivity index (χ4n) is 2.98. The van der Waals surface area contributed by atoms with Crippen LogP contribution in [0.2, 0.25) is 0 Å². The van der Waals surface area contributed by atoms with Gasteiger partial charge < -0.3 is 5.73 Å². The van der Waals surface area contributed by atoms with Gasteiger partial charge in [0.2, 0.25) is 0 Å². The standard InChI is InChI=1S/C19H18N4O2S/c1-10(2)17-22-18-14(11(3)15(26-18)16(21)24)19(25)23(17)9-13-6-4-5-12(7-13)8-20/h4-7,10H,9H2,1-3H3,(H2,21,24). The number of rotatable bonds is 4. The Balaban J connectivity index is 2.26. The van der Waals surface area contributed by atoms with Crippen LogP contribution in [0.3, 0.4) is 0 Å². The molecule has 0 saturated carbocycles. The van der Waals surface area contributed by atoms with Crippen LogP contribution in [0.15, 0.2) is 29.1 Å². The predicted molar refractivity (Wildman–Crippen MR) is 101 cm³/mol. The summed E-state index contributed by atoms with van der Waals surface area (Å²) in [5, 5.41) is 9.52. The van der Waals surface area contributed by atoms with E-state index in [1.807, 2.05) is 19.9 Å². The monoisotopic (exact) mass is 366 g/mol. The molecule has 0 aliphatic heterocycles. The highest BCUT2D eigenvalue weighted by Crippen LogP contribution is 2.28. The number of amides is 1. The second kappa shape index (κ2) is 6.73. The Morgan fingerprint density at radius 3 is 2.77 bits per heavy atom. The van der Waals surface area contributed by atoms with Gasteiger partial charge in [0.05, 0.1) is 28.4 Å². The Morgan fingerprint density at radius 1 is 1.42 bits per heavy atom. The first-order valence-corrected chi connectivity index (χ1v) is 8.97. The van der Waals surface area contributed by atoms with E-state index in [1.165, 1.54) is 0 Å². The van der Waals surface area contributed by atoms with E-state index in [0.717, 1.165) is 16.9 Å². The average molecular weight is 366 g/mol. The summed E-state index contributed by atoms with van der Waals surface area (Å²) in [6, 6.07) is 9.25. The van der Waals surface area contributed by atoms with Crippen molar-refractivity contribution in [3.8, 4) is 6.07 Å². The van der Waals surface area contributed by atoms with Crippen molar-refractivity contribution in [1.82, 2.24) is 9.55 Å². The maximum atomic E-state index is 13.2. The molecule has 2 aromatic heterocycles. The molecule has 6 nitrogen and oxygen atoms in total. The number of aromatic nitrogens is 2. The second-order valence-electron chi connectivity index (χ2n) is 6.43. The van der Waals surface area contributed by atoms with E-state index < -0.39 is 5.91 Å². The van der Waals surface area contributed by atoms with Crippen molar-refractivity contribution in [2.24, 2.45) is 5.73 Å². The van der Waals surface area contributed by atoms with Crippen molar-refractivity contribution in [3.63, 3.8) is 0 Å². The highest BCUT2D eigenvalue weighted by atomic mass is 32.1. The number of nitriles is 1. The van der Waals surface area contributed by atoms with E-state index >= 15 is 0 Å². The Bertz CT molecular complexity index is 1120. The molecular formula is C19H18N4O2S. The van der Waals surface area contributed by atoms with E-state index in [2.05, 4.69) is 11.1 Å². The van der Waals surface area contributed by atoms with Crippen molar-refractivity contribution in [2.75, 3.05) is 0 Å². The average Bonchev–Trinajstić information content (AvgIpc) is 2.94. The number of primary amides is 1. The van der Waals surface area contributed by atoms with Crippen LogP contribution < -0.4 is 11.3 Å². The van der Waals surface area contributed by atoms with Crippen molar-refractivity contribution >= 4 is 27.5 Å². The van der Waals surface area contributed by atoms with E-state index in [0.29, 0.717) is 38.6 Å². The lowest BCUT2D eigenvalue weighted by Gasteiger charge is -2.15. The van der Waals surface area contributed by atoms with E-state index in [1.54, 1.807) is 29.7 Å². The highest BCUT2D eigenvalue weighted by Gasteiger charge is 2.21. The van der Waals surface area contributed by atoms with Gasteiger partial charge in [-0.1, -0.05) is 26.0 Å². The van der Waals surface area contributed by atoms with Gasteiger partial charge in [0.25, 0.3) is 11.5 Å². The summed E-state index contributed by atoms with van der Waals surface area (Å²) in [6.45, 7) is 5.96. The third kappa shape index (κ3) is 3.00. The maximum absolute atomic E-state index is 13.2. The van der Waals surface area contributed by atoms with Crippen LogP contribution in [0.25, 0.3) is 10.2 Å². The van der Waals surface area contributed by atoms with Gasteiger partial charge in [-0.15, -0.1) is 11.3 Å². The number of aryl methyl sites for hydroxylation is 1. The summed E-state index contributed by atoms with van der Waals surface area (Å²) in [6.07, 6.45) is 0. The van der Waals surface area contributed by atoms with E-state index in [4.69, 9.17) is 11.0 Å². The summed E-state index contributed by atoms with van der Waals surface area (Å²) in [4.78, 5) is 30.4. The number of hydrogen-bond donors (Lipinski definition) is 1. The minimum absolute atomic E-state index is 0.0192. The molecular weight excluding hydrogens is 348 g/mol. The zero-order valence-electron chi connectivity index (χ0n) is 14.7. The minimum Gasteiger partial charge on any atom is -0.365 e. The summed E-state index contributed by atoms with van der Waals surface area (Å²) in [7, 11) is 0. The number of carbonyl (C=O) groups excluding carboxylic acids is 1. The first-order chi connectivity index (χ1) is 12.3. The molecule has 1 aromatic carbocycles. The largest absolute Gasteiger partial charge is 0.365 e. The number of thiophene rings is 1. The molecule has 1 amide bonds. The van der Waals surface area contributed by atoms with Gasteiger partial charge in [-0.05, 0) is 30.2 Å². The first kappa shape index (κ1) is 17.8. The molecule has 0 saturated heterocycles. The molecule has 0 aliphatic rings. The van der Waals surface area contributed by atoms with Gasteiger partial charge in [-0.25, -0.2) is 4.98 Å². The Morgan fingerprint density at radius 2 is 2.15 bits per heavy atom. The van der Waals surface area contributed by atoms with Crippen LogP contribution >= 0.6 is 11.3 Å². The van der Waals surface area contributed by atoms with Crippen molar-refractivity contribution < 1.29 is 4.79 Å². The zero-order chi connectivity index (χ0) is 19.0. The normalized spacial score (nSPS) is 11.0. The van der Waals surface area contributed by atoms with E-state index in [9.17, 15) is 9.59 Å². The fraction of sp³-hybridized carbons (Fsp3) is 0.263. The number of carbonyl (C=O) groups is 1. The smallest absolute Gasteiger partial charge is 0.262 e. The molecule has 0 fully saturated rings. The lowest BCUT2D eigenvalue weighted by atomic mass is 10.1. The molecule has 2 heterocycles. The molecule has 0 atom stereocenters. The first-order valence-electron chi connectivity index (χ1n) is 8.16. The highest BCUT2D eigenvalue weighted by molar-refractivity contribution is 7.20. The van der Waals surface area contributed by atoms with Crippen molar-refractivity contribution in [3.05, 3.63) is 62.0 Å². The molecule has 3 aromatic rings. The lowest BCUT2D eigenvalue weighted by molar-refractivity contribution is 0.100. The predicted octanol–water partition coefficient (Wildman–Crippen LogP) is 2.91. The third-order valence-electron chi connectivity index (χ3n) is 4.22. The van der Waals surface area contributed by atoms with Crippen molar-refractivity contribution in [2.45, 2.75) is 33.2 Å². The topological polar surface area (TPSA) is 102 Å². The van der Waals surface area contributed by atoms with Gasteiger partial charge in [0.1, 0.15) is 10.7 Å². The minimum atomic E-state index is -0.552. The Kier molecular flexibility index (Phi) is 4.62. The van der Waals surface area contributed by atoms with Gasteiger partial charge in [-0.2, -0.15) is 5.26 Å². The molecule has 7 heteroatoms. The second-order valence-corrected chi connectivity index (χ2v) is 7.43. The van der Waals surface area contributed by atoms with Crippen LogP contribution in [-0.4, -0.2) is 15.5 Å². The van der Waals surface area contributed by atoms with Crippen molar-refractivity contribution in [1.29, 1.82) is 5.26 Å². The molecule has 26 heavy (non-hydrogen) atoms. The van der Waals surface area contributed by atoms with Gasteiger partial charge >= 0.3 is 0 Å². The summed E-state index contributed by atoms with van der Waals surface area (Å²) in [5.74, 6) is 0.108. The molecule has 0 unspecified atom stereocenters.